The van der Waals surface area contributed by atoms with Gasteiger partial charge in [0.2, 0.25) is 0 Å². The summed E-state index contributed by atoms with van der Waals surface area (Å²) in [7, 11) is 0. The minimum atomic E-state index is 0.711. The highest BCUT2D eigenvalue weighted by molar-refractivity contribution is 9.12. The second-order valence-electron chi connectivity index (χ2n) is 7.22. The Balaban J connectivity index is 1.66. The van der Waals surface area contributed by atoms with Gasteiger partial charge in [-0.05, 0) is 60.2 Å². The maximum Gasteiger partial charge on any atom is 0.0308 e. The van der Waals surface area contributed by atoms with E-state index in [9.17, 15) is 0 Å². The van der Waals surface area contributed by atoms with Crippen molar-refractivity contribution in [3.63, 3.8) is 0 Å². The summed E-state index contributed by atoms with van der Waals surface area (Å²) >= 11 is 16.1. The summed E-state index contributed by atoms with van der Waals surface area (Å²) in [5, 5.41) is 0. The van der Waals surface area contributed by atoms with Gasteiger partial charge >= 0.3 is 0 Å². The van der Waals surface area contributed by atoms with Crippen LogP contribution in [0.1, 0.15) is 12.8 Å². The molecule has 5 rings (SSSR count). The molecule has 0 nitrogen and oxygen atoms in total. The van der Waals surface area contributed by atoms with E-state index < -0.39 is 0 Å². The minimum absolute atomic E-state index is 0.711. The van der Waals surface area contributed by atoms with E-state index in [0.29, 0.717) is 9.65 Å². The molecule has 0 aromatic carbocycles. The van der Waals surface area contributed by atoms with E-state index in [4.69, 9.17) is 0 Å². The zero-order valence-corrected chi connectivity index (χ0v) is 16.2. The van der Waals surface area contributed by atoms with E-state index in [2.05, 4.69) is 63.7 Å². The molecule has 5 fully saturated rings. The first-order valence-corrected chi connectivity index (χ1v) is 10.8. The first kappa shape index (κ1) is 12.5. The smallest absolute Gasteiger partial charge is 0.0308 e. The van der Waals surface area contributed by atoms with Gasteiger partial charge in [-0.1, -0.05) is 63.7 Å². The summed E-state index contributed by atoms with van der Waals surface area (Å²) in [5.74, 6) is 7.97. The van der Waals surface area contributed by atoms with Crippen LogP contribution in [0.5, 0.6) is 0 Å². The van der Waals surface area contributed by atoms with Crippen molar-refractivity contribution < 1.29 is 0 Å². The van der Waals surface area contributed by atoms with E-state index >= 15 is 0 Å². The lowest BCUT2D eigenvalue weighted by atomic mass is 9.88. The number of rotatable bonds is 0. The van der Waals surface area contributed by atoms with Crippen LogP contribution in [-0.4, -0.2) is 19.3 Å². The Morgan fingerprint density at radius 2 is 0.944 bits per heavy atom. The lowest BCUT2D eigenvalue weighted by molar-refractivity contribution is 0.310. The molecule has 18 heavy (non-hydrogen) atoms. The van der Waals surface area contributed by atoms with Crippen molar-refractivity contribution >= 4 is 63.7 Å². The maximum atomic E-state index is 4.05. The molecular formula is C14H16Br4. The zero-order chi connectivity index (χ0) is 12.3. The molecule has 5 aliphatic rings. The Morgan fingerprint density at radius 1 is 0.500 bits per heavy atom. The fraction of sp³-hybridized carbons (Fsp3) is 1.00. The minimum Gasteiger partial charge on any atom is -0.0875 e. The molecule has 12 atom stereocenters. The third-order valence-corrected chi connectivity index (χ3v) is 13.3. The quantitative estimate of drug-likeness (QED) is 0.416. The average Bonchev–Trinajstić information content (AvgIpc) is 3.05. The van der Waals surface area contributed by atoms with Crippen molar-refractivity contribution in [1.82, 2.24) is 0 Å². The van der Waals surface area contributed by atoms with E-state index in [1.165, 1.54) is 12.8 Å². The molecule has 0 aliphatic heterocycles. The lowest BCUT2D eigenvalue weighted by Gasteiger charge is -2.25. The normalized spacial score (nSPS) is 75.3. The van der Waals surface area contributed by atoms with Crippen molar-refractivity contribution in [3.8, 4) is 0 Å². The number of fused-ring (bicyclic) bond motifs is 1. The van der Waals surface area contributed by atoms with Crippen LogP contribution in [0.15, 0.2) is 0 Å². The average molecular weight is 504 g/mol. The van der Waals surface area contributed by atoms with E-state index in [1.807, 2.05) is 0 Å². The molecule has 0 aromatic heterocycles. The third-order valence-electron chi connectivity index (χ3n) is 7.07. The second-order valence-corrected chi connectivity index (χ2v) is 11.5. The first-order valence-electron chi connectivity index (χ1n) is 7.17. The van der Waals surface area contributed by atoms with Crippen LogP contribution in [0.3, 0.4) is 0 Å². The molecule has 2 unspecified atom stereocenters. The third kappa shape index (κ3) is 1.18. The van der Waals surface area contributed by atoms with Crippen LogP contribution in [0.4, 0.5) is 0 Å². The van der Waals surface area contributed by atoms with E-state index in [1.54, 1.807) is 0 Å². The molecule has 5 aliphatic carbocycles. The summed E-state index contributed by atoms with van der Waals surface area (Å²) in [6, 6.07) is 0. The number of halogens is 4. The molecule has 0 heterocycles. The van der Waals surface area contributed by atoms with Gasteiger partial charge in [0.25, 0.3) is 0 Å². The molecule has 0 N–H and O–H groups in total. The lowest BCUT2D eigenvalue weighted by Crippen LogP contribution is -2.28. The Hall–Kier alpha value is 1.92. The van der Waals surface area contributed by atoms with Crippen LogP contribution < -0.4 is 0 Å². The van der Waals surface area contributed by atoms with Crippen molar-refractivity contribution in [2.45, 2.75) is 32.2 Å². The number of hydrogen-bond acceptors (Lipinski definition) is 0. The molecule has 0 bridgehead atoms. The van der Waals surface area contributed by atoms with E-state index in [-0.39, 0.29) is 0 Å². The maximum absolute atomic E-state index is 4.05. The SMILES string of the molecule is Br[C@@H]1[C@@H](Br)[C@H]2[C@@H]3C4C(C[C@@H]5[C@@H](Br)[C@H](Br)[C@@H]2[C@@H]45)C[C@@H]13. The summed E-state index contributed by atoms with van der Waals surface area (Å²) in [4.78, 5) is 2.88. The topological polar surface area (TPSA) is 0 Å². The second kappa shape index (κ2) is 3.81. The van der Waals surface area contributed by atoms with Gasteiger partial charge in [0.15, 0.2) is 0 Å². The summed E-state index contributed by atoms with van der Waals surface area (Å²) in [6.45, 7) is 0. The van der Waals surface area contributed by atoms with Crippen LogP contribution in [0.25, 0.3) is 0 Å². The van der Waals surface area contributed by atoms with Gasteiger partial charge in [-0.25, -0.2) is 0 Å². The van der Waals surface area contributed by atoms with Gasteiger partial charge in [0.1, 0.15) is 0 Å². The molecule has 100 valence electrons. The fourth-order valence-electron chi connectivity index (χ4n) is 6.91. The van der Waals surface area contributed by atoms with Crippen LogP contribution in [-0.2, 0) is 0 Å². The molecule has 5 saturated carbocycles. The molecule has 0 aromatic rings. The van der Waals surface area contributed by atoms with Gasteiger partial charge in [-0.3, -0.25) is 0 Å². The first-order chi connectivity index (χ1) is 8.61. The molecule has 4 heteroatoms. The van der Waals surface area contributed by atoms with Crippen molar-refractivity contribution in [1.29, 1.82) is 0 Å². The Morgan fingerprint density at radius 3 is 1.39 bits per heavy atom. The van der Waals surface area contributed by atoms with Gasteiger partial charge < -0.3 is 0 Å². The Bertz CT molecular complexity index is 377. The highest BCUT2D eigenvalue weighted by atomic mass is 79.9. The summed E-state index contributed by atoms with van der Waals surface area (Å²) < 4.78 is 0. The summed E-state index contributed by atoms with van der Waals surface area (Å²) in [5.41, 5.74) is 0. The molecule has 0 saturated heterocycles. The van der Waals surface area contributed by atoms with E-state index in [0.717, 1.165) is 57.0 Å². The molecular weight excluding hydrogens is 488 g/mol. The predicted molar refractivity (Wildman–Crippen MR) is 88.0 cm³/mol. The van der Waals surface area contributed by atoms with Crippen molar-refractivity contribution in [2.75, 3.05) is 0 Å². The standard InChI is InChI=1S/C14H16Br4/c15-11-4-1-3-2-5-8-6(3)7(4)9(13(11)17)10(8)14(18)12(5)16/h3-14H,1-2H2/t3?,4-,5+,6?,7+,8-,9+,10-,11+,12-,13+,14-. The van der Waals surface area contributed by atoms with Gasteiger partial charge in [-0.15, -0.1) is 0 Å². The van der Waals surface area contributed by atoms with Crippen LogP contribution >= 0.6 is 63.7 Å². The fourth-order valence-corrected chi connectivity index (χ4v) is 10.9. The van der Waals surface area contributed by atoms with Gasteiger partial charge in [0.05, 0.1) is 0 Å². The van der Waals surface area contributed by atoms with Crippen LogP contribution in [0.2, 0.25) is 0 Å². The number of hydrogen-bond donors (Lipinski definition) is 0. The monoisotopic (exact) mass is 500 g/mol. The predicted octanol–water partition coefficient (Wildman–Crippen LogP) is 4.82. The summed E-state index contributed by atoms with van der Waals surface area (Å²) in [6.07, 6.45) is 3.02. The highest BCUT2D eigenvalue weighted by Crippen LogP contribution is 2.77. The largest absolute Gasteiger partial charge is 0.0875 e. The van der Waals surface area contributed by atoms with Crippen molar-refractivity contribution in [2.24, 2.45) is 47.3 Å². The highest BCUT2D eigenvalue weighted by Gasteiger charge is 2.74. The van der Waals surface area contributed by atoms with Crippen LogP contribution in [0, 0.1) is 47.3 Å². The van der Waals surface area contributed by atoms with Gasteiger partial charge in [-0.2, -0.15) is 0 Å². The zero-order valence-electron chi connectivity index (χ0n) is 9.85. The molecule has 0 radical (unpaired) electrons. The number of alkyl halides is 4. The van der Waals surface area contributed by atoms with Gasteiger partial charge in [0, 0.05) is 19.3 Å². The molecule has 0 amide bonds. The Kier molecular flexibility index (Phi) is 2.64. The van der Waals surface area contributed by atoms with Crippen molar-refractivity contribution in [3.05, 3.63) is 0 Å². The Labute approximate surface area is 142 Å². The molecule has 0 spiro atoms.